The first-order valence-corrected chi connectivity index (χ1v) is 8.77. The summed E-state index contributed by atoms with van der Waals surface area (Å²) in [5.74, 6) is 0. The van der Waals surface area contributed by atoms with Gasteiger partial charge in [-0.1, -0.05) is 18.7 Å². The van der Waals surface area contributed by atoms with Crippen molar-refractivity contribution >= 4 is 23.5 Å². The van der Waals surface area contributed by atoms with Crippen molar-refractivity contribution in [3.05, 3.63) is 58.8 Å². The number of fused-ring (bicyclic) bond motifs is 1. The fourth-order valence-corrected chi connectivity index (χ4v) is 3.25. The van der Waals surface area contributed by atoms with Crippen molar-refractivity contribution < 1.29 is 0 Å². The second-order valence-corrected chi connectivity index (χ2v) is 6.48. The van der Waals surface area contributed by atoms with E-state index in [2.05, 4.69) is 46.9 Å². The van der Waals surface area contributed by atoms with Crippen LogP contribution in [0.4, 0.5) is 5.69 Å². The van der Waals surface area contributed by atoms with Crippen LogP contribution in [-0.4, -0.2) is 25.7 Å². The lowest BCUT2D eigenvalue weighted by molar-refractivity contribution is 0.479. The van der Waals surface area contributed by atoms with Crippen molar-refractivity contribution in [1.82, 2.24) is 10.6 Å². The smallest absolute Gasteiger partial charge is 0.0442 e. The maximum absolute atomic E-state index is 5.86. The van der Waals surface area contributed by atoms with Gasteiger partial charge in [-0.2, -0.15) is 0 Å². The number of piperidine rings is 1. The van der Waals surface area contributed by atoms with E-state index in [1.807, 2.05) is 6.08 Å². The molecule has 1 aromatic carbocycles. The second kappa shape index (κ2) is 7.94. The summed E-state index contributed by atoms with van der Waals surface area (Å²) in [7, 11) is 0. The van der Waals surface area contributed by atoms with Crippen LogP contribution in [0.2, 0.25) is 0 Å². The fourth-order valence-electron chi connectivity index (χ4n) is 3.25. The molecule has 2 heterocycles. The lowest BCUT2D eigenvalue weighted by atomic mass is 10.00. The van der Waals surface area contributed by atoms with E-state index >= 15 is 0 Å². The van der Waals surface area contributed by atoms with Crippen LogP contribution < -0.4 is 37.9 Å². The lowest BCUT2D eigenvalue weighted by Crippen LogP contribution is -2.40. The Morgan fingerprint density at radius 3 is 2.76 bits per heavy atom. The lowest BCUT2D eigenvalue weighted by Gasteiger charge is -2.25. The summed E-state index contributed by atoms with van der Waals surface area (Å²) < 4.78 is 0. The largest absolute Gasteiger partial charge is 0.404 e. The molecule has 0 aromatic heterocycles. The molecule has 0 saturated carbocycles. The summed E-state index contributed by atoms with van der Waals surface area (Å²) in [6.45, 7) is 6.66. The van der Waals surface area contributed by atoms with Crippen molar-refractivity contribution in [3.8, 4) is 0 Å². The summed E-state index contributed by atoms with van der Waals surface area (Å²) in [5, 5.41) is 12.9. The predicted molar refractivity (Wildman–Crippen MR) is 107 cm³/mol. The first kappa shape index (κ1) is 17.2. The molecule has 2 aliphatic heterocycles. The van der Waals surface area contributed by atoms with Crippen molar-refractivity contribution in [2.24, 2.45) is 11.5 Å². The van der Waals surface area contributed by atoms with E-state index in [-0.39, 0.29) is 0 Å². The normalized spacial score (nSPS) is 18.0. The number of anilines is 1. The van der Waals surface area contributed by atoms with E-state index in [1.165, 1.54) is 10.4 Å². The zero-order valence-electron chi connectivity index (χ0n) is 14.5. The van der Waals surface area contributed by atoms with E-state index < -0.39 is 0 Å². The molecule has 25 heavy (non-hydrogen) atoms. The maximum Gasteiger partial charge on any atom is 0.0442 e. The third-order valence-corrected chi connectivity index (χ3v) is 4.59. The van der Waals surface area contributed by atoms with E-state index in [9.17, 15) is 0 Å². The third-order valence-electron chi connectivity index (χ3n) is 4.59. The molecule has 3 rings (SSSR count). The average Bonchev–Trinajstić information content (AvgIpc) is 2.63. The van der Waals surface area contributed by atoms with Gasteiger partial charge in [-0.3, -0.25) is 0 Å². The molecule has 0 unspecified atom stereocenters. The first-order chi connectivity index (χ1) is 12.2. The van der Waals surface area contributed by atoms with Gasteiger partial charge in [0.25, 0.3) is 0 Å². The van der Waals surface area contributed by atoms with Crippen LogP contribution in [0, 0.1) is 0 Å². The van der Waals surface area contributed by atoms with Gasteiger partial charge in [-0.15, -0.1) is 0 Å². The Labute approximate surface area is 148 Å². The van der Waals surface area contributed by atoms with Gasteiger partial charge in [0.2, 0.25) is 0 Å². The van der Waals surface area contributed by atoms with Gasteiger partial charge in [0, 0.05) is 41.6 Å². The summed E-state index contributed by atoms with van der Waals surface area (Å²) in [6.07, 6.45) is 11.8. The van der Waals surface area contributed by atoms with E-state index in [0.29, 0.717) is 11.7 Å². The number of hydrogen-bond donors (Lipinski definition) is 5. The maximum atomic E-state index is 5.86. The van der Waals surface area contributed by atoms with Crippen LogP contribution in [0.15, 0.2) is 42.8 Å². The monoisotopic (exact) mass is 337 g/mol. The highest BCUT2D eigenvalue weighted by molar-refractivity contribution is 5.77. The Bertz CT molecular complexity index is 813. The SMILES string of the molecule is C=C(N)/C=C\C(=C/N)c1cc(NC2CCNCC2)c2c(c1)=CCNC=2. The Morgan fingerprint density at radius 1 is 1.24 bits per heavy atom. The Morgan fingerprint density at radius 2 is 2.04 bits per heavy atom. The van der Waals surface area contributed by atoms with E-state index in [1.54, 1.807) is 12.3 Å². The van der Waals surface area contributed by atoms with Crippen LogP contribution in [0.1, 0.15) is 18.4 Å². The molecule has 1 fully saturated rings. The first-order valence-electron chi connectivity index (χ1n) is 8.77. The standard InChI is InChI=1S/C20H27N5/c1-14(22)2-3-16(12-21)17-10-15-4-7-24-13-19(15)20(11-17)25-18-5-8-23-9-6-18/h2-4,10-13,18,23-25H,1,5-9,21-22H2/b3-2-,16-12+. The second-order valence-electron chi connectivity index (χ2n) is 6.48. The molecule has 132 valence electrons. The average molecular weight is 337 g/mol. The molecular formula is C20H27N5. The number of allylic oxidation sites excluding steroid dienone is 3. The molecule has 0 aliphatic carbocycles. The molecule has 0 bridgehead atoms. The number of benzene rings is 1. The topological polar surface area (TPSA) is 88.1 Å². The van der Waals surface area contributed by atoms with Crippen LogP contribution in [0.3, 0.4) is 0 Å². The van der Waals surface area contributed by atoms with E-state index in [0.717, 1.165) is 49.3 Å². The molecule has 5 heteroatoms. The highest BCUT2D eigenvalue weighted by atomic mass is 15.0. The molecule has 0 radical (unpaired) electrons. The van der Waals surface area contributed by atoms with Gasteiger partial charge in [-0.25, -0.2) is 0 Å². The molecule has 1 saturated heterocycles. The van der Waals surface area contributed by atoms with Crippen molar-refractivity contribution in [3.63, 3.8) is 0 Å². The molecular weight excluding hydrogens is 310 g/mol. The summed E-state index contributed by atoms with van der Waals surface area (Å²) >= 11 is 0. The van der Waals surface area contributed by atoms with Crippen molar-refractivity contribution in [2.75, 3.05) is 25.0 Å². The van der Waals surface area contributed by atoms with Gasteiger partial charge >= 0.3 is 0 Å². The number of nitrogens with one attached hydrogen (secondary N) is 3. The highest BCUT2D eigenvalue weighted by Gasteiger charge is 2.14. The summed E-state index contributed by atoms with van der Waals surface area (Å²) in [6, 6.07) is 4.82. The van der Waals surface area contributed by atoms with Crippen LogP contribution in [0.25, 0.3) is 17.8 Å². The molecule has 5 nitrogen and oxygen atoms in total. The highest BCUT2D eigenvalue weighted by Crippen LogP contribution is 2.18. The fraction of sp³-hybridized carbons (Fsp3) is 0.300. The Balaban J connectivity index is 2.00. The van der Waals surface area contributed by atoms with Gasteiger partial charge < -0.3 is 27.4 Å². The van der Waals surface area contributed by atoms with Gasteiger partial charge in [0.1, 0.15) is 0 Å². The van der Waals surface area contributed by atoms with Gasteiger partial charge in [0.05, 0.1) is 0 Å². The molecule has 1 aromatic rings. The number of rotatable bonds is 5. The van der Waals surface area contributed by atoms with Gasteiger partial charge in [0.15, 0.2) is 0 Å². The molecule has 0 spiro atoms. The Hall–Kier alpha value is -2.66. The molecule has 0 atom stereocenters. The number of hydrogen-bond acceptors (Lipinski definition) is 5. The predicted octanol–water partition coefficient (Wildman–Crippen LogP) is 0.300. The summed E-state index contributed by atoms with van der Waals surface area (Å²) in [4.78, 5) is 0. The third kappa shape index (κ3) is 4.25. The van der Waals surface area contributed by atoms with Crippen LogP contribution >= 0.6 is 0 Å². The van der Waals surface area contributed by atoms with E-state index in [4.69, 9.17) is 11.5 Å². The zero-order valence-corrected chi connectivity index (χ0v) is 14.5. The zero-order chi connectivity index (χ0) is 17.6. The van der Waals surface area contributed by atoms with Crippen molar-refractivity contribution in [2.45, 2.75) is 18.9 Å². The summed E-state index contributed by atoms with van der Waals surface area (Å²) in [5.41, 5.74) is 15.2. The minimum atomic E-state index is 0.487. The van der Waals surface area contributed by atoms with Crippen LogP contribution in [-0.2, 0) is 0 Å². The molecule has 0 amide bonds. The quantitative estimate of drug-likeness (QED) is 0.499. The molecule has 7 N–H and O–H groups in total. The van der Waals surface area contributed by atoms with Crippen molar-refractivity contribution in [1.29, 1.82) is 0 Å². The van der Waals surface area contributed by atoms with Gasteiger partial charge in [-0.05, 0) is 60.5 Å². The Kier molecular flexibility index (Phi) is 5.46. The number of nitrogens with two attached hydrogens (primary N) is 2. The minimum absolute atomic E-state index is 0.487. The van der Waals surface area contributed by atoms with Crippen LogP contribution in [0.5, 0.6) is 0 Å². The molecule has 2 aliphatic rings. The minimum Gasteiger partial charge on any atom is -0.404 e.